The predicted molar refractivity (Wildman–Crippen MR) is 121 cm³/mol. The molecule has 1 aromatic heterocycles. The summed E-state index contributed by atoms with van der Waals surface area (Å²) in [5.74, 6) is -1.85. The summed E-state index contributed by atoms with van der Waals surface area (Å²) in [4.78, 5) is 30.4. The first kappa shape index (κ1) is 27.2. The Labute approximate surface area is 204 Å². The molecule has 1 aliphatic rings. The van der Waals surface area contributed by atoms with Crippen LogP contribution in [0.1, 0.15) is 50.0 Å². The standard InChI is InChI=1S/C24H27F5N4O3/c1-5-18-21(24(27,28)29)31-19-13-32(8-9-33(18)19)20(34)12-16(30-22(35)36-23(2,3)4)11-14-10-15(25)6-7-17(14)26/h5-7,10,16H,1,8-9,11-13H2,2-4H3,(H,30,35). The fraction of sp³-hybridized carbons (Fsp3) is 0.458. The van der Waals surface area contributed by atoms with Crippen molar-refractivity contribution >= 4 is 18.1 Å². The first-order valence-electron chi connectivity index (χ1n) is 11.2. The predicted octanol–water partition coefficient (Wildman–Crippen LogP) is 4.69. The van der Waals surface area contributed by atoms with Gasteiger partial charge in [0.2, 0.25) is 5.91 Å². The monoisotopic (exact) mass is 514 g/mol. The highest BCUT2D eigenvalue weighted by Crippen LogP contribution is 2.33. The lowest BCUT2D eigenvalue weighted by atomic mass is 10.0. The number of carbonyl (C=O) groups excluding carboxylic acids is 2. The topological polar surface area (TPSA) is 76.5 Å². The number of benzene rings is 1. The summed E-state index contributed by atoms with van der Waals surface area (Å²) in [6.45, 7) is 8.32. The van der Waals surface area contributed by atoms with E-state index >= 15 is 0 Å². The average molecular weight is 514 g/mol. The smallest absolute Gasteiger partial charge is 0.435 e. The number of ether oxygens (including phenoxy) is 1. The van der Waals surface area contributed by atoms with Gasteiger partial charge in [-0.1, -0.05) is 6.58 Å². The van der Waals surface area contributed by atoms with E-state index in [-0.39, 0.29) is 49.6 Å². The molecule has 0 saturated heterocycles. The minimum Gasteiger partial charge on any atom is -0.444 e. The van der Waals surface area contributed by atoms with Crippen molar-refractivity contribution in [2.45, 2.75) is 64.5 Å². The van der Waals surface area contributed by atoms with Crippen molar-refractivity contribution < 1.29 is 36.3 Å². The van der Waals surface area contributed by atoms with Crippen LogP contribution in [0.3, 0.4) is 0 Å². The molecule has 2 heterocycles. The van der Waals surface area contributed by atoms with Crippen molar-refractivity contribution in [3.8, 4) is 0 Å². The highest BCUT2D eigenvalue weighted by atomic mass is 19.4. The van der Waals surface area contributed by atoms with Crippen molar-refractivity contribution in [1.82, 2.24) is 19.8 Å². The van der Waals surface area contributed by atoms with Gasteiger partial charge in [-0.15, -0.1) is 0 Å². The van der Waals surface area contributed by atoms with Crippen LogP contribution in [-0.2, 0) is 35.2 Å². The second kappa shape index (κ2) is 10.3. The molecule has 1 unspecified atom stereocenters. The quantitative estimate of drug-likeness (QED) is 0.568. The van der Waals surface area contributed by atoms with E-state index in [9.17, 15) is 31.5 Å². The van der Waals surface area contributed by atoms with Gasteiger partial charge in [0.05, 0.1) is 12.2 Å². The lowest BCUT2D eigenvalue weighted by Crippen LogP contribution is -2.45. The van der Waals surface area contributed by atoms with Crippen LogP contribution in [-0.4, -0.2) is 44.6 Å². The molecule has 2 aromatic rings. The molecule has 7 nitrogen and oxygen atoms in total. The van der Waals surface area contributed by atoms with E-state index in [1.807, 2.05) is 0 Å². The van der Waals surface area contributed by atoms with E-state index < -0.39 is 47.1 Å². The van der Waals surface area contributed by atoms with Gasteiger partial charge < -0.3 is 19.5 Å². The number of imidazole rings is 1. The Balaban J connectivity index is 1.79. The molecular formula is C24H27F5N4O3. The summed E-state index contributed by atoms with van der Waals surface area (Å²) in [6, 6.07) is 1.89. The molecule has 0 aliphatic carbocycles. The van der Waals surface area contributed by atoms with Gasteiger partial charge in [-0.25, -0.2) is 18.6 Å². The Kier molecular flexibility index (Phi) is 7.75. The normalized spacial score (nSPS) is 14.7. The highest BCUT2D eigenvalue weighted by molar-refractivity contribution is 5.78. The molecule has 0 bridgehead atoms. The van der Waals surface area contributed by atoms with Crippen molar-refractivity contribution in [3.63, 3.8) is 0 Å². The van der Waals surface area contributed by atoms with E-state index in [1.54, 1.807) is 20.8 Å². The lowest BCUT2D eigenvalue weighted by Gasteiger charge is -2.30. The molecule has 3 rings (SSSR count). The molecule has 196 valence electrons. The highest BCUT2D eigenvalue weighted by Gasteiger charge is 2.39. The van der Waals surface area contributed by atoms with Gasteiger partial charge in [0.25, 0.3) is 0 Å². The number of nitrogens with one attached hydrogen (secondary N) is 1. The number of alkyl halides is 3. The summed E-state index contributed by atoms with van der Waals surface area (Å²) >= 11 is 0. The third-order valence-electron chi connectivity index (χ3n) is 5.44. The van der Waals surface area contributed by atoms with Crippen molar-refractivity contribution in [2.75, 3.05) is 6.54 Å². The summed E-state index contributed by atoms with van der Waals surface area (Å²) in [7, 11) is 0. The Morgan fingerprint density at radius 2 is 1.92 bits per heavy atom. The maximum Gasteiger partial charge on any atom is 0.435 e. The number of rotatable bonds is 6. The fourth-order valence-electron chi connectivity index (χ4n) is 3.94. The summed E-state index contributed by atoms with van der Waals surface area (Å²) in [5.41, 5.74) is -2.14. The number of hydrogen-bond donors (Lipinski definition) is 1. The largest absolute Gasteiger partial charge is 0.444 e. The van der Waals surface area contributed by atoms with Gasteiger partial charge in [-0.2, -0.15) is 13.2 Å². The zero-order chi connectivity index (χ0) is 26.8. The SMILES string of the molecule is C=Cc1c(C(F)(F)F)nc2n1CCN(C(=O)CC(Cc1cc(F)ccc1F)NC(=O)OC(C)(C)C)C2. The van der Waals surface area contributed by atoms with E-state index in [1.165, 1.54) is 9.47 Å². The maximum atomic E-state index is 14.2. The van der Waals surface area contributed by atoms with E-state index in [2.05, 4.69) is 16.9 Å². The first-order valence-corrected chi connectivity index (χ1v) is 11.2. The summed E-state index contributed by atoms with van der Waals surface area (Å²) in [6.07, 6.45) is -4.99. The van der Waals surface area contributed by atoms with Gasteiger partial charge in [-0.3, -0.25) is 4.79 Å². The molecule has 36 heavy (non-hydrogen) atoms. The number of carbonyl (C=O) groups is 2. The number of amides is 2. The van der Waals surface area contributed by atoms with Crippen LogP contribution in [0.2, 0.25) is 0 Å². The second-order valence-electron chi connectivity index (χ2n) is 9.42. The van der Waals surface area contributed by atoms with Gasteiger partial charge in [0.15, 0.2) is 5.69 Å². The molecule has 0 saturated carbocycles. The maximum absolute atomic E-state index is 14.2. The van der Waals surface area contributed by atoms with Crippen LogP contribution < -0.4 is 5.32 Å². The van der Waals surface area contributed by atoms with Crippen molar-refractivity contribution in [3.05, 3.63) is 59.2 Å². The number of fused-ring (bicyclic) bond motifs is 1. The van der Waals surface area contributed by atoms with Crippen LogP contribution in [0, 0.1) is 11.6 Å². The molecular weight excluding hydrogens is 487 g/mol. The molecule has 0 spiro atoms. The van der Waals surface area contributed by atoms with Gasteiger partial charge in [-0.05, 0) is 57.0 Å². The zero-order valence-corrected chi connectivity index (χ0v) is 20.1. The van der Waals surface area contributed by atoms with E-state index in [0.29, 0.717) is 0 Å². The number of alkyl carbamates (subject to hydrolysis) is 1. The Hall–Kier alpha value is -3.44. The van der Waals surface area contributed by atoms with Gasteiger partial charge in [0.1, 0.15) is 23.1 Å². The van der Waals surface area contributed by atoms with E-state index in [0.717, 1.165) is 24.3 Å². The number of nitrogens with zero attached hydrogens (tertiary/aromatic N) is 3. The fourth-order valence-corrected chi connectivity index (χ4v) is 3.94. The molecule has 1 aliphatic heterocycles. The lowest BCUT2D eigenvalue weighted by molar-refractivity contribution is -0.141. The molecule has 2 amide bonds. The van der Waals surface area contributed by atoms with Crippen LogP contribution >= 0.6 is 0 Å². The van der Waals surface area contributed by atoms with Crippen molar-refractivity contribution in [2.24, 2.45) is 0 Å². The minimum absolute atomic E-state index is 0.0460. The summed E-state index contributed by atoms with van der Waals surface area (Å²) < 4.78 is 74.5. The number of hydrogen-bond acceptors (Lipinski definition) is 4. The van der Waals surface area contributed by atoms with Crippen LogP contribution in [0.4, 0.5) is 26.7 Å². The molecule has 1 aromatic carbocycles. The van der Waals surface area contributed by atoms with Gasteiger partial charge in [0, 0.05) is 25.6 Å². The number of halogens is 5. The molecule has 0 fully saturated rings. The zero-order valence-electron chi connectivity index (χ0n) is 20.1. The molecule has 0 radical (unpaired) electrons. The van der Waals surface area contributed by atoms with Crippen LogP contribution in [0.15, 0.2) is 24.8 Å². The van der Waals surface area contributed by atoms with Crippen LogP contribution in [0.5, 0.6) is 0 Å². The van der Waals surface area contributed by atoms with Gasteiger partial charge >= 0.3 is 12.3 Å². The number of aromatic nitrogens is 2. The third-order valence-corrected chi connectivity index (χ3v) is 5.44. The Morgan fingerprint density at radius 3 is 2.53 bits per heavy atom. The summed E-state index contributed by atoms with van der Waals surface area (Å²) in [5, 5.41) is 2.52. The first-order chi connectivity index (χ1) is 16.7. The van der Waals surface area contributed by atoms with Crippen LogP contribution in [0.25, 0.3) is 6.08 Å². The average Bonchev–Trinajstić information content (AvgIpc) is 3.13. The van der Waals surface area contributed by atoms with Crippen molar-refractivity contribution in [1.29, 1.82) is 0 Å². The second-order valence-corrected chi connectivity index (χ2v) is 9.42. The molecule has 1 N–H and O–H groups in total. The Morgan fingerprint density at radius 1 is 1.22 bits per heavy atom. The Bertz CT molecular complexity index is 1150. The molecule has 1 atom stereocenters. The minimum atomic E-state index is -4.68. The van der Waals surface area contributed by atoms with E-state index in [4.69, 9.17) is 4.74 Å². The third kappa shape index (κ3) is 6.61. The molecule has 12 heteroatoms.